The van der Waals surface area contributed by atoms with Gasteiger partial charge in [0, 0.05) is 5.69 Å². The number of nitrogens with one attached hydrogen (secondary N) is 1. The van der Waals surface area contributed by atoms with Crippen molar-refractivity contribution in [3.05, 3.63) is 48.5 Å². The molecule has 2 rings (SSSR count). The highest BCUT2D eigenvalue weighted by atomic mass is 19.1. The first-order chi connectivity index (χ1) is 9.63. The van der Waals surface area contributed by atoms with E-state index in [-0.39, 0.29) is 18.9 Å². The highest BCUT2D eigenvalue weighted by molar-refractivity contribution is 5.90. The van der Waals surface area contributed by atoms with Gasteiger partial charge in [0.25, 0.3) is 0 Å². The molecule has 5 nitrogen and oxygen atoms in total. The van der Waals surface area contributed by atoms with Crippen LogP contribution in [0.4, 0.5) is 15.8 Å². The maximum absolute atomic E-state index is 12.6. The number of nitrogens with zero attached hydrogens (tertiary/aromatic N) is 1. The number of ether oxygens (including phenoxy) is 1. The Morgan fingerprint density at radius 1 is 1.25 bits per heavy atom. The van der Waals surface area contributed by atoms with E-state index in [1.165, 1.54) is 18.3 Å². The van der Waals surface area contributed by atoms with Gasteiger partial charge >= 0.3 is 0 Å². The van der Waals surface area contributed by atoms with Gasteiger partial charge in [0.15, 0.2) is 0 Å². The minimum absolute atomic E-state index is 0.182. The van der Waals surface area contributed by atoms with Gasteiger partial charge in [0.1, 0.15) is 5.75 Å². The number of nitrogens with two attached hydrogens (primary N) is 1. The largest absolute Gasteiger partial charge is 0.493 e. The smallest absolute Gasteiger partial charge is 0.227 e. The topological polar surface area (TPSA) is 77.2 Å². The number of pyridine rings is 1. The SMILES string of the molecule is Nc1ccc(OCCC(=O)Nc2ccc(F)nc2)cc1. The maximum Gasteiger partial charge on any atom is 0.227 e. The van der Waals surface area contributed by atoms with Crippen LogP contribution >= 0.6 is 0 Å². The summed E-state index contributed by atoms with van der Waals surface area (Å²) in [6.07, 6.45) is 1.44. The van der Waals surface area contributed by atoms with Crippen LogP contribution in [-0.2, 0) is 4.79 Å². The molecular weight excluding hydrogens is 261 g/mol. The van der Waals surface area contributed by atoms with Crippen molar-refractivity contribution in [3.63, 3.8) is 0 Å². The molecule has 0 atom stereocenters. The number of anilines is 2. The summed E-state index contributed by atoms with van der Waals surface area (Å²) >= 11 is 0. The maximum atomic E-state index is 12.6. The van der Waals surface area contributed by atoms with Crippen molar-refractivity contribution in [1.29, 1.82) is 0 Å². The third-order valence-corrected chi connectivity index (χ3v) is 2.49. The number of nitrogen functional groups attached to an aromatic ring is 1. The number of benzene rings is 1. The normalized spacial score (nSPS) is 10.1. The van der Waals surface area contributed by atoms with Crippen molar-refractivity contribution in [3.8, 4) is 5.75 Å². The van der Waals surface area contributed by atoms with E-state index in [2.05, 4.69) is 10.3 Å². The number of carbonyl (C=O) groups excluding carboxylic acids is 1. The predicted molar refractivity (Wildman–Crippen MR) is 73.8 cm³/mol. The zero-order chi connectivity index (χ0) is 14.4. The van der Waals surface area contributed by atoms with Crippen LogP contribution in [0.1, 0.15) is 6.42 Å². The van der Waals surface area contributed by atoms with Gasteiger partial charge in [-0.3, -0.25) is 4.79 Å². The van der Waals surface area contributed by atoms with Crippen LogP contribution < -0.4 is 15.8 Å². The minimum atomic E-state index is -0.588. The molecule has 0 aliphatic carbocycles. The fourth-order valence-electron chi connectivity index (χ4n) is 1.50. The molecule has 3 N–H and O–H groups in total. The zero-order valence-corrected chi connectivity index (χ0v) is 10.7. The van der Waals surface area contributed by atoms with E-state index in [1.54, 1.807) is 24.3 Å². The van der Waals surface area contributed by atoms with Crippen LogP contribution in [0.25, 0.3) is 0 Å². The Morgan fingerprint density at radius 2 is 2.00 bits per heavy atom. The number of carbonyl (C=O) groups is 1. The summed E-state index contributed by atoms with van der Waals surface area (Å²) in [4.78, 5) is 15.1. The van der Waals surface area contributed by atoms with Crippen molar-refractivity contribution < 1.29 is 13.9 Å². The third-order valence-electron chi connectivity index (χ3n) is 2.49. The highest BCUT2D eigenvalue weighted by Gasteiger charge is 2.03. The van der Waals surface area contributed by atoms with Gasteiger partial charge in [-0.25, -0.2) is 4.98 Å². The number of amides is 1. The Bertz CT molecular complexity index is 570. The summed E-state index contributed by atoms with van der Waals surface area (Å²) < 4.78 is 18.0. The Hall–Kier alpha value is -2.63. The van der Waals surface area contributed by atoms with Crippen LogP contribution in [-0.4, -0.2) is 17.5 Å². The molecule has 0 fully saturated rings. The van der Waals surface area contributed by atoms with E-state index in [0.29, 0.717) is 17.1 Å². The molecule has 0 bridgehead atoms. The van der Waals surface area contributed by atoms with Crippen LogP contribution in [0, 0.1) is 5.95 Å². The molecule has 0 saturated carbocycles. The van der Waals surface area contributed by atoms with Gasteiger partial charge in [-0.05, 0) is 36.4 Å². The number of halogens is 1. The first kappa shape index (κ1) is 13.8. The number of rotatable bonds is 5. The second-order valence-corrected chi connectivity index (χ2v) is 4.09. The molecule has 1 amide bonds. The van der Waals surface area contributed by atoms with E-state index >= 15 is 0 Å². The molecule has 0 radical (unpaired) electrons. The van der Waals surface area contributed by atoms with Crippen molar-refractivity contribution in [2.45, 2.75) is 6.42 Å². The van der Waals surface area contributed by atoms with Gasteiger partial charge in [-0.15, -0.1) is 0 Å². The van der Waals surface area contributed by atoms with Gasteiger partial charge < -0.3 is 15.8 Å². The molecular formula is C14H14FN3O2. The van der Waals surface area contributed by atoms with Gasteiger partial charge in [-0.2, -0.15) is 4.39 Å². The van der Waals surface area contributed by atoms with Crippen LogP contribution in [0.3, 0.4) is 0 Å². The minimum Gasteiger partial charge on any atom is -0.493 e. The van der Waals surface area contributed by atoms with Gasteiger partial charge in [0.05, 0.1) is 24.9 Å². The molecule has 104 valence electrons. The van der Waals surface area contributed by atoms with Crippen molar-refractivity contribution >= 4 is 17.3 Å². The summed E-state index contributed by atoms with van der Waals surface area (Å²) in [7, 11) is 0. The molecule has 0 unspecified atom stereocenters. The lowest BCUT2D eigenvalue weighted by molar-refractivity contribution is -0.116. The van der Waals surface area contributed by atoms with Gasteiger partial charge in [0.2, 0.25) is 11.9 Å². The Labute approximate surface area is 115 Å². The molecule has 1 aromatic heterocycles. The summed E-state index contributed by atoms with van der Waals surface area (Å²) in [6, 6.07) is 9.54. The first-order valence-corrected chi connectivity index (χ1v) is 6.03. The lowest BCUT2D eigenvalue weighted by Gasteiger charge is -2.07. The summed E-state index contributed by atoms with van der Waals surface area (Å²) in [6.45, 7) is 0.240. The molecule has 0 aliphatic heterocycles. The van der Waals surface area contributed by atoms with Crippen molar-refractivity contribution in [1.82, 2.24) is 4.98 Å². The molecule has 0 spiro atoms. The van der Waals surface area contributed by atoms with Crippen LogP contribution in [0.15, 0.2) is 42.6 Å². The van der Waals surface area contributed by atoms with Crippen LogP contribution in [0.2, 0.25) is 0 Å². The lowest BCUT2D eigenvalue weighted by atomic mass is 10.3. The van der Waals surface area contributed by atoms with E-state index in [4.69, 9.17) is 10.5 Å². The average molecular weight is 275 g/mol. The second kappa shape index (κ2) is 6.51. The standard InChI is InChI=1S/C14H14FN3O2/c15-13-6-3-11(9-17-13)18-14(19)7-8-20-12-4-1-10(16)2-5-12/h1-6,9H,7-8,16H2,(H,18,19). The molecule has 0 saturated heterocycles. The summed E-state index contributed by atoms with van der Waals surface area (Å²) in [5.41, 5.74) is 6.65. The van der Waals surface area contributed by atoms with Crippen molar-refractivity contribution in [2.75, 3.05) is 17.7 Å². The fourth-order valence-corrected chi connectivity index (χ4v) is 1.50. The second-order valence-electron chi connectivity index (χ2n) is 4.09. The molecule has 2 aromatic rings. The summed E-state index contributed by atoms with van der Waals surface area (Å²) in [5, 5.41) is 2.60. The van der Waals surface area contributed by atoms with E-state index < -0.39 is 5.95 Å². The highest BCUT2D eigenvalue weighted by Crippen LogP contribution is 2.13. The molecule has 1 heterocycles. The quantitative estimate of drug-likeness (QED) is 0.648. The van der Waals surface area contributed by atoms with Crippen molar-refractivity contribution in [2.24, 2.45) is 0 Å². The monoisotopic (exact) mass is 275 g/mol. The Balaban J connectivity index is 1.75. The van der Waals surface area contributed by atoms with Gasteiger partial charge in [-0.1, -0.05) is 0 Å². The van der Waals surface area contributed by atoms with Crippen LogP contribution in [0.5, 0.6) is 5.75 Å². The Morgan fingerprint density at radius 3 is 2.65 bits per heavy atom. The molecule has 1 aromatic carbocycles. The molecule has 0 aliphatic rings. The number of hydrogen-bond acceptors (Lipinski definition) is 4. The zero-order valence-electron chi connectivity index (χ0n) is 10.7. The average Bonchev–Trinajstić information content (AvgIpc) is 2.44. The molecule has 6 heteroatoms. The number of aromatic nitrogens is 1. The van der Waals surface area contributed by atoms with E-state index in [9.17, 15) is 9.18 Å². The lowest BCUT2D eigenvalue weighted by Crippen LogP contribution is -2.15. The third kappa shape index (κ3) is 4.24. The predicted octanol–water partition coefficient (Wildman–Crippen LogP) is 2.21. The number of hydrogen-bond donors (Lipinski definition) is 2. The Kier molecular flexibility index (Phi) is 4.49. The van der Waals surface area contributed by atoms with E-state index in [0.717, 1.165) is 0 Å². The molecule has 20 heavy (non-hydrogen) atoms. The van der Waals surface area contributed by atoms with E-state index in [1.807, 2.05) is 0 Å². The first-order valence-electron chi connectivity index (χ1n) is 6.03. The summed E-state index contributed by atoms with van der Waals surface area (Å²) in [5.74, 6) is -0.168. The fraction of sp³-hybridized carbons (Fsp3) is 0.143.